The molecule has 2 atom stereocenters. The molecular weight excluding hydrogens is 321 g/mol. The molecule has 0 amide bonds. The van der Waals surface area contributed by atoms with Crippen molar-refractivity contribution in [1.82, 2.24) is 4.90 Å². The van der Waals surface area contributed by atoms with Crippen molar-refractivity contribution in [1.29, 1.82) is 0 Å². The van der Waals surface area contributed by atoms with Gasteiger partial charge in [-0.1, -0.05) is 15.9 Å². The molecule has 1 aliphatic rings. The molecule has 0 aliphatic carbocycles. The van der Waals surface area contributed by atoms with Gasteiger partial charge in [0.25, 0.3) is 0 Å². The third-order valence-corrected chi connectivity index (χ3v) is 3.60. The first-order chi connectivity index (χ1) is 8.88. The number of benzene rings is 1. The molecule has 0 unspecified atom stereocenters. The van der Waals surface area contributed by atoms with Crippen LogP contribution in [0, 0.1) is 5.82 Å². The third-order valence-electron chi connectivity index (χ3n) is 3.15. The fourth-order valence-corrected chi connectivity index (χ4v) is 2.75. The standard InChI is InChI=1S/C12H13BrFNO4/c13-7-1-6(11(17)9(14)2-7)4-15-5-8(16)3-10(15)12(18)19/h1-2,8,10,16-17H,3-5H2,(H,18,19)/t8-,10-/m1/s1. The molecule has 104 valence electrons. The number of likely N-dealkylation sites (tertiary alicyclic amines) is 1. The quantitative estimate of drug-likeness (QED) is 0.777. The summed E-state index contributed by atoms with van der Waals surface area (Å²) in [6.07, 6.45) is -0.590. The summed E-state index contributed by atoms with van der Waals surface area (Å²) >= 11 is 3.12. The lowest BCUT2D eigenvalue weighted by Crippen LogP contribution is -2.35. The predicted octanol–water partition coefficient (Wildman–Crippen LogP) is 1.31. The van der Waals surface area contributed by atoms with Crippen LogP contribution in [0.3, 0.4) is 0 Å². The van der Waals surface area contributed by atoms with Crippen LogP contribution in [0.15, 0.2) is 16.6 Å². The lowest BCUT2D eigenvalue weighted by Gasteiger charge is -2.21. The number of rotatable bonds is 3. The Hall–Kier alpha value is -1.18. The summed E-state index contributed by atoms with van der Waals surface area (Å²) in [6.45, 7) is 0.251. The van der Waals surface area contributed by atoms with E-state index in [9.17, 15) is 19.4 Å². The SMILES string of the molecule is O=C(O)[C@H]1C[C@@H](O)CN1Cc1cc(Br)cc(F)c1O. The Labute approximate surface area is 117 Å². The van der Waals surface area contributed by atoms with Gasteiger partial charge < -0.3 is 15.3 Å². The molecule has 3 N–H and O–H groups in total. The van der Waals surface area contributed by atoms with E-state index >= 15 is 0 Å². The molecular formula is C12H13BrFNO4. The van der Waals surface area contributed by atoms with Gasteiger partial charge >= 0.3 is 5.97 Å². The van der Waals surface area contributed by atoms with Crippen molar-refractivity contribution in [3.05, 3.63) is 28.0 Å². The minimum atomic E-state index is -1.04. The second-order valence-corrected chi connectivity index (χ2v) is 5.48. The van der Waals surface area contributed by atoms with Crippen LogP contribution in [-0.4, -0.2) is 44.9 Å². The van der Waals surface area contributed by atoms with Gasteiger partial charge in [0.1, 0.15) is 6.04 Å². The van der Waals surface area contributed by atoms with E-state index in [0.717, 1.165) is 6.07 Å². The van der Waals surface area contributed by atoms with E-state index in [4.69, 9.17) is 5.11 Å². The fraction of sp³-hybridized carbons (Fsp3) is 0.417. The molecule has 1 aromatic carbocycles. The monoisotopic (exact) mass is 333 g/mol. The number of phenolic OH excluding ortho intramolecular Hbond substituents is 1. The number of aliphatic hydroxyl groups is 1. The Morgan fingerprint density at radius 2 is 2.21 bits per heavy atom. The van der Waals surface area contributed by atoms with Crippen molar-refractivity contribution in [3.8, 4) is 5.75 Å². The number of phenols is 1. The summed E-state index contributed by atoms with van der Waals surface area (Å²) in [5, 5.41) is 28.2. The molecule has 19 heavy (non-hydrogen) atoms. The molecule has 0 bridgehead atoms. The number of carbonyl (C=O) groups is 1. The number of β-amino-alcohol motifs (C(OH)–C–C–N with tert-alkyl or cyclic N) is 1. The minimum absolute atomic E-state index is 0.0657. The first-order valence-electron chi connectivity index (χ1n) is 5.70. The molecule has 7 heteroatoms. The normalized spacial score (nSPS) is 23.7. The molecule has 1 fully saturated rings. The molecule has 2 rings (SSSR count). The van der Waals surface area contributed by atoms with Crippen LogP contribution >= 0.6 is 15.9 Å². The Bertz CT molecular complexity index is 511. The summed E-state index contributed by atoms with van der Waals surface area (Å²) in [6, 6.07) is 1.84. The van der Waals surface area contributed by atoms with Gasteiger partial charge in [-0.3, -0.25) is 9.69 Å². The van der Waals surface area contributed by atoms with Crippen LogP contribution < -0.4 is 0 Å². The second-order valence-electron chi connectivity index (χ2n) is 4.57. The van der Waals surface area contributed by atoms with Gasteiger partial charge in [-0.15, -0.1) is 0 Å². The molecule has 0 aromatic heterocycles. The van der Waals surface area contributed by atoms with E-state index in [-0.39, 0.29) is 25.1 Å². The predicted molar refractivity (Wildman–Crippen MR) is 68.2 cm³/mol. The first-order valence-corrected chi connectivity index (χ1v) is 6.49. The highest BCUT2D eigenvalue weighted by molar-refractivity contribution is 9.10. The van der Waals surface area contributed by atoms with E-state index in [2.05, 4.69) is 15.9 Å². The van der Waals surface area contributed by atoms with E-state index < -0.39 is 29.7 Å². The van der Waals surface area contributed by atoms with Gasteiger partial charge in [-0.25, -0.2) is 4.39 Å². The van der Waals surface area contributed by atoms with Gasteiger partial charge in [0.15, 0.2) is 11.6 Å². The van der Waals surface area contributed by atoms with Crippen LogP contribution in [0.4, 0.5) is 4.39 Å². The highest BCUT2D eigenvalue weighted by Gasteiger charge is 2.36. The highest BCUT2D eigenvalue weighted by atomic mass is 79.9. The zero-order chi connectivity index (χ0) is 14.2. The van der Waals surface area contributed by atoms with Crippen LogP contribution in [0.1, 0.15) is 12.0 Å². The minimum Gasteiger partial charge on any atom is -0.505 e. The van der Waals surface area contributed by atoms with Crippen molar-refractivity contribution in [3.63, 3.8) is 0 Å². The molecule has 5 nitrogen and oxygen atoms in total. The second kappa shape index (κ2) is 5.44. The van der Waals surface area contributed by atoms with Crippen molar-refractivity contribution in [2.75, 3.05) is 6.54 Å². The maximum atomic E-state index is 13.4. The summed E-state index contributed by atoms with van der Waals surface area (Å²) in [4.78, 5) is 12.6. The zero-order valence-electron chi connectivity index (χ0n) is 9.88. The van der Waals surface area contributed by atoms with Crippen LogP contribution in [0.2, 0.25) is 0 Å². The number of hydrogen-bond donors (Lipinski definition) is 3. The third kappa shape index (κ3) is 3.05. The molecule has 1 aliphatic heterocycles. The van der Waals surface area contributed by atoms with Crippen molar-refractivity contribution in [2.24, 2.45) is 0 Å². The number of aliphatic hydroxyl groups excluding tert-OH is 1. The topological polar surface area (TPSA) is 81.0 Å². The summed E-state index contributed by atoms with van der Waals surface area (Å²) in [5.74, 6) is -2.30. The van der Waals surface area contributed by atoms with E-state index in [1.54, 1.807) is 0 Å². The number of aromatic hydroxyl groups is 1. The molecule has 1 aromatic rings. The Morgan fingerprint density at radius 3 is 2.84 bits per heavy atom. The van der Waals surface area contributed by atoms with Gasteiger partial charge in [0.2, 0.25) is 0 Å². The molecule has 0 saturated carbocycles. The molecule has 0 spiro atoms. The zero-order valence-corrected chi connectivity index (χ0v) is 11.5. The van der Waals surface area contributed by atoms with Crippen LogP contribution in [0.25, 0.3) is 0 Å². The van der Waals surface area contributed by atoms with Crippen molar-refractivity contribution in [2.45, 2.75) is 25.1 Å². The van der Waals surface area contributed by atoms with Gasteiger partial charge in [-0.05, 0) is 12.1 Å². The Morgan fingerprint density at radius 1 is 1.53 bits per heavy atom. The number of nitrogens with zero attached hydrogens (tertiary/aromatic N) is 1. The Kier molecular flexibility index (Phi) is 4.07. The molecule has 1 saturated heterocycles. The number of aliphatic carboxylic acids is 1. The molecule has 1 heterocycles. The van der Waals surface area contributed by atoms with E-state index in [0.29, 0.717) is 4.47 Å². The number of carboxylic acid groups (broad SMARTS) is 1. The maximum Gasteiger partial charge on any atom is 0.321 e. The average Bonchev–Trinajstić information content (AvgIpc) is 2.66. The molecule has 0 radical (unpaired) electrons. The maximum absolute atomic E-state index is 13.4. The van der Waals surface area contributed by atoms with Gasteiger partial charge in [0.05, 0.1) is 6.10 Å². The fourth-order valence-electron chi connectivity index (χ4n) is 2.27. The summed E-state index contributed by atoms with van der Waals surface area (Å²) in [7, 11) is 0. The smallest absolute Gasteiger partial charge is 0.321 e. The van der Waals surface area contributed by atoms with E-state index in [1.807, 2.05) is 0 Å². The van der Waals surface area contributed by atoms with Crippen LogP contribution in [-0.2, 0) is 11.3 Å². The van der Waals surface area contributed by atoms with Crippen molar-refractivity contribution >= 4 is 21.9 Å². The largest absolute Gasteiger partial charge is 0.505 e. The van der Waals surface area contributed by atoms with Crippen LogP contribution in [0.5, 0.6) is 5.75 Å². The van der Waals surface area contributed by atoms with Gasteiger partial charge in [-0.2, -0.15) is 0 Å². The van der Waals surface area contributed by atoms with E-state index in [1.165, 1.54) is 11.0 Å². The number of halogens is 2. The summed E-state index contributed by atoms with van der Waals surface area (Å²) in [5.41, 5.74) is 0.284. The summed E-state index contributed by atoms with van der Waals surface area (Å²) < 4.78 is 13.8. The number of hydrogen-bond acceptors (Lipinski definition) is 4. The lowest BCUT2D eigenvalue weighted by molar-refractivity contribution is -0.142. The Balaban J connectivity index is 2.23. The van der Waals surface area contributed by atoms with Crippen molar-refractivity contribution < 1.29 is 24.5 Å². The average molecular weight is 334 g/mol. The first kappa shape index (κ1) is 14.2. The number of carboxylic acids is 1. The lowest BCUT2D eigenvalue weighted by atomic mass is 10.1. The van der Waals surface area contributed by atoms with Gasteiger partial charge in [0, 0.05) is 29.5 Å². The highest BCUT2D eigenvalue weighted by Crippen LogP contribution is 2.29.